The van der Waals surface area contributed by atoms with Crippen molar-refractivity contribution in [3.8, 4) is 0 Å². The van der Waals surface area contributed by atoms with E-state index >= 15 is 0 Å². The van der Waals surface area contributed by atoms with Gasteiger partial charge in [0, 0.05) is 6.04 Å². The quantitative estimate of drug-likeness (QED) is 0.627. The van der Waals surface area contributed by atoms with Crippen molar-refractivity contribution >= 4 is 0 Å². The lowest BCUT2D eigenvalue weighted by Gasteiger charge is -2.19. The molecule has 0 heterocycles. The minimum absolute atomic E-state index is 0.859. The highest BCUT2D eigenvalue weighted by Gasteiger charge is 2.21. The molecule has 0 aliphatic heterocycles. The molecule has 1 unspecified atom stereocenters. The first-order chi connectivity index (χ1) is 6.72. The molecule has 84 valence electrons. The van der Waals surface area contributed by atoms with Gasteiger partial charge in [0.05, 0.1) is 0 Å². The van der Waals surface area contributed by atoms with Gasteiger partial charge < -0.3 is 5.32 Å². The van der Waals surface area contributed by atoms with Gasteiger partial charge in [-0.2, -0.15) is 0 Å². The maximum absolute atomic E-state index is 3.67. The number of hydrogen-bond donors (Lipinski definition) is 1. The molecular weight excluding hydrogens is 170 g/mol. The van der Waals surface area contributed by atoms with Crippen molar-refractivity contribution in [3.63, 3.8) is 0 Å². The third kappa shape index (κ3) is 5.64. The van der Waals surface area contributed by atoms with Crippen LogP contribution in [0.4, 0.5) is 0 Å². The van der Waals surface area contributed by atoms with Crippen LogP contribution in [0.15, 0.2) is 0 Å². The van der Waals surface area contributed by atoms with Crippen LogP contribution in [0.3, 0.4) is 0 Å². The summed E-state index contributed by atoms with van der Waals surface area (Å²) >= 11 is 0. The molecule has 0 amide bonds. The normalized spacial score (nSPS) is 18.9. The summed E-state index contributed by atoms with van der Waals surface area (Å²) in [6.07, 6.45) is 8.42. The van der Waals surface area contributed by atoms with Crippen LogP contribution in [0.25, 0.3) is 0 Å². The Hall–Kier alpha value is -0.0400. The first-order valence-electron chi connectivity index (χ1n) is 6.45. The number of nitrogens with one attached hydrogen (secondary N) is 1. The molecule has 1 saturated carbocycles. The Morgan fingerprint density at radius 3 is 2.50 bits per heavy atom. The lowest BCUT2D eigenvalue weighted by Crippen LogP contribution is -2.25. The minimum atomic E-state index is 0.859. The summed E-state index contributed by atoms with van der Waals surface area (Å²) in [5.41, 5.74) is 0. The van der Waals surface area contributed by atoms with E-state index in [1.165, 1.54) is 45.1 Å². The van der Waals surface area contributed by atoms with Crippen LogP contribution in [0.2, 0.25) is 0 Å². The van der Waals surface area contributed by atoms with E-state index in [0.717, 1.165) is 17.9 Å². The second kappa shape index (κ2) is 6.44. The van der Waals surface area contributed by atoms with Gasteiger partial charge in [0.25, 0.3) is 0 Å². The van der Waals surface area contributed by atoms with Gasteiger partial charge >= 0.3 is 0 Å². The predicted octanol–water partition coefficient (Wildman–Crippen LogP) is 3.59. The summed E-state index contributed by atoms with van der Waals surface area (Å²) in [7, 11) is 0. The van der Waals surface area contributed by atoms with Gasteiger partial charge in [-0.3, -0.25) is 0 Å². The fourth-order valence-corrected chi connectivity index (χ4v) is 2.08. The Balaban J connectivity index is 2.12. The fraction of sp³-hybridized carbons (Fsp3) is 1.00. The van der Waals surface area contributed by atoms with Gasteiger partial charge in [-0.25, -0.2) is 0 Å². The topological polar surface area (TPSA) is 12.0 Å². The average molecular weight is 197 g/mol. The van der Waals surface area contributed by atoms with E-state index in [1.807, 2.05) is 0 Å². The summed E-state index contributed by atoms with van der Waals surface area (Å²) in [6.45, 7) is 8.25. The zero-order chi connectivity index (χ0) is 10.4. The molecule has 0 bridgehead atoms. The van der Waals surface area contributed by atoms with Crippen LogP contribution in [-0.2, 0) is 0 Å². The van der Waals surface area contributed by atoms with E-state index in [9.17, 15) is 0 Å². The number of hydrogen-bond acceptors (Lipinski definition) is 1. The Morgan fingerprint density at radius 2 is 2.00 bits per heavy atom. The van der Waals surface area contributed by atoms with Gasteiger partial charge in [-0.15, -0.1) is 0 Å². The molecule has 1 heteroatoms. The van der Waals surface area contributed by atoms with Crippen LogP contribution >= 0.6 is 0 Å². The van der Waals surface area contributed by atoms with Crippen LogP contribution in [-0.4, -0.2) is 12.6 Å². The van der Waals surface area contributed by atoms with Crippen LogP contribution in [0.1, 0.15) is 59.3 Å². The molecule has 0 aromatic carbocycles. The van der Waals surface area contributed by atoms with E-state index in [-0.39, 0.29) is 0 Å². The van der Waals surface area contributed by atoms with E-state index in [1.54, 1.807) is 0 Å². The molecule has 0 radical (unpaired) electrons. The van der Waals surface area contributed by atoms with Crippen molar-refractivity contribution in [1.29, 1.82) is 0 Å². The van der Waals surface area contributed by atoms with E-state index < -0.39 is 0 Å². The van der Waals surface area contributed by atoms with Crippen LogP contribution in [0, 0.1) is 11.8 Å². The van der Waals surface area contributed by atoms with Crippen LogP contribution < -0.4 is 5.32 Å². The monoisotopic (exact) mass is 197 g/mol. The third-order valence-electron chi connectivity index (χ3n) is 3.04. The largest absolute Gasteiger partial charge is 0.314 e. The summed E-state index contributed by atoms with van der Waals surface area (Å²) in [6, 6.07) is 0.881. The fourth-order valence-electron chi connectivity index (χ4n) is 2.08. The standard InChI is InChI=1S/C13H27N/c1-4-5-6-12(9-11(2)3)10-14-13-7-8-13/h11-14H,4-10H2,1-3H3. The van der Waals surface area contributed by atoms with Gasteiger partial charge in [-0.05, 0) is 44.1 Å². The molecule has 0 saturated heterocycles. The summed E-state index contributed by atoms with van der Waals surface area (Å²) in [4.78, 5) is 0. The first-order valence-corrected chi connectivity index (χ1v) is 6.45. The highest BCUT2D eigenvalue weighted by atomic mass is 14.9. The number of unbranched alkanes of at least 4 members (excludes halogenated alkanes) is 1. The van der Waals surface area contributed by atoms with E-state index in [2.05, 4.69) is 26.1 Å². The highest BCUT2D eigenvalue weighted by molar-refractivity contribution is 4.82. The molecule has 0 aromatic heterocycles. The average Bonchev–Trinajstić information content (AvgIpc) is 2.92. The van der Waals surface area contributed by atoms with Crippen molar-refractivity contribution in [1.82, 2.24) is 5.32 Å². The molecule has 0 spiro atoms. The van der Waals surface area contributed by atoms with Crippen molar-refractivity contribution in [2.45, 2.75) is 65.3 Å². The highest BCUT2D eigenvalue weighted by Crippen LogP contribution is 2.22. The molecule has 1 nitrogen and oxygen atoms in total. The molecule has 1 N–H and O–H groups in total. The first kappa shape index (κ1) is 12.0. The second-order valence-corrected chi connectivity index (χ2v) is 5.32. The predicted molar refractivity (Wildman–Crippen MR) is 63.5 cm³/mol. The Morgan fingerprint density at radius 1 is 1.29 bits per heavy atom. The summed E-state index contributed by atoms with van der Waals surface area (Å²) in [5.74, 6) is 1.79. The molecule has 1 atom stereocenters. The maximum atomic E-state index is 3.67. The van der Waals surface area contributed by atoms with Gasteiger partial charge in [0.15, 0.2) is 0 Å². The van der Waals surface area contributed by atoms with Gasteiger partial charge in [0.2, 0.25) is 0 Å². The zero-order valence-corrected chi connectivity index (χ0v) is 10.2. The minimum Gasteiger partial charge on any atom is -0.314 e. The maximum Gasteiger partial charge on any atom is 0.00683 e. The Kier molecular flexibility index (Phi) is 5.54. The number of rotatable bonds is 8. The Bertz CT molecular complexity index is 138. The molecular formula is C13H27N. The van der Waals surface area contributed by atoms with Crippen molar-refractivity contribution in [2.24, 2.45) is 11.8 Å². The lowest BCUT2D eigenvalue weighted by atomic mass is 9.92. The van der Waals surface area contributed by atoms with Crippen molar-refractivity contribution < 1.29 is 0 Å². The summed E-state index contributed by atoms with van der Waals surface area (Å²) in [5, 5.41) is 3.67. The SMILES string of the molecule is CCCCC(CNC1CC1)CC(C)C. The van der Waals surface area contributed by atoms with E-state index in [0.29, 0.717) is 0 Å². The van der Waals surface area contributed by atoms with Crippen molar-refractivity contribution in [3.05, 3.63) is 0 Å². The van der Waals surface area contributed by atoms with Gasteiger partial charge in [-0.1, -0.05) is 33.6 Å². The molecule has 1 aliphatic carbocycles. The van der Waals surface area contributed by atoms with Crippen molar-refractivity contribution in [2.75, 3.05) is 6.54 Å². The van der Waals surface area contributed by atoms with E-state index in [4.69, 9.17) is 0 Å². The molecule has 14 heavy (non-hydrogen) atoms. The molecule has 1 aliphatic rings. The summed E-state index contributed by atoms with van der Waals surface area (Å²) < 4.78 is 0. The zero-order valence-electron chi connectivity index (χ0n) is 10.2. The van der Waals surface area contributed by atoms with Crippen LogP contribution in [0.5, 0.6) is 0 Å². The second-order valence-electron chi connectivity index (χ2n) is 5.32. The third-order valence-corrected chi connectivity index (χ3v) is 3.04. The molecule has 0 aromatic rings. The molecule has 1 fully saturated rings. The van der Waals surface area contributed by atoms with Gasteiger partial charge in [0.1, 0.15) is 0 Å². The lowest BCUT2D eigenvalue weighted by molar-refractivity contribution is 0.357. The molecule has 1 rings (SSSR count). The Labute approximate surface area is 89.7 Å². The smallest absolute Gasteiger partial charge is 0.00683 e.